The normalized spacial score (nSPS) is 23.3. The van der Waals surface area contributed by atoms with Crippen molar-refractivity contribution in [3.63, 3.8) is 0 Å². The van der Waals surface area contributed by atoms with Gasteiger partial charge in [-0.25, -0.2) is 0 Å². The van der Waals surface area contributed by atoms with Gasteiger partial charge in [0.1, 0.15) is 10.4 Å². The first-order valence-electron chi connectivity index (χ1n) is 5.03. The maximum Gasteiger partial charge on any atom is 0.107 e. The van der Waals surface area contributed by atoms with Crippen LogP contribution in [0, 0.1) is 0 Å². The number of thiophene rings is 1. The molecular weight excluding hydrogens is 314 g/mol. The van der Waals surface area contributed by atoms with Crippen LogP contribution < -0.4 is 5.32 Å². The third-order valence-electron chi connectivity index (χ3n) is 2.50. The van der Waals surface area contributed by atoms with Crippen molar-refractivity contribution >= 4 is 38.9 Å². The summed E-state index contributed by atoms with van der Waals surface area (Å²) in [6.45, 7) is 1.96. The van der Waals surface area contributed by atoms with Crippen molar-refractivity contribution in [2.24, 2.45) is 0 Å². The Bertz CT molecular complexity index is 335. The summed E-state index contributed by atoms with van der Waals surface area (Å²) in [7, 11) is 1.92. The summed E-state index contributed by atoms with van der Waals surface area (Å²) >= 11 is 11.0. The van der Waals surface area contributed by atoms with E-state index in [2.05, 4.69) is 21.2 Å². The highest BCUT2D eigenvalue weighted by molar-refractivity contribution is 9.10. The van der Waals surface area contributed by atoms with Gasteiger partial charge in [-0.1, -0.05) is 11.6 Å². The van der Waals surface area contributed by atoms with Gasteiger partial charge in [-0.15, -0.1) is 11.3 Å². The molecule has 1 saturated heterocycles. The Hall–Kier alpha value is 0.350. The molecule has 0 amide bonds. The molecule has 0 radical (unpaired) electrons. The number of likely N-dealkylation sites (N-methyl/N-ethyl adjacent to an activating group) is 1. The summed E-state index contributed by atoms with van der Waals surface area (Å²) in [6.07, 6.45) is 0.0559. The highest BCUT2D eigenvalue weighted by Gasteiger charge is 2.27. The van der Waals surface area contributed by atoms with E-state index < -0.39 is 0 Å². The molecule has 1 aliphatic heterocycles. The average molecular weight is 327 g/mol. The van der Waals surface area contributed by atoms with Crippen molar-refractivity contribution in [3.8, 4) is 0 Å². The molecule has 1 aliphatic rings. The van der Waals surface area contributed by atoms with E-state index in [0.29, 0.717) is 19.8 Å². The van der Waals surface area contributed by atoms with Crippen molar-refractivity contribution in [2.45, 2.75) is 12.1 Å². The lowest BCUT2D eigenvalue weighted by Crippen LogP contribution is -2.38. The molecule has 0 aliphatic carbocycles. The van der Waals surface area contributed by atoms with Crippen LogP contribution in [0.5, 0.6) is 0 Å². The zero-order valence-electron chi connectivity index (χ0n) is 8.83. The zero-order chi connectivity index (χ0) is 11.5. The summed E-state index contributed by atoms with van der Waals surface area (Å²) < 4.78 is 12.8. The van der Waals surface area contributed by atoms with Crippen LogP contribution >= 0.6 is 38.9 Å². The van der Waals surface area contributed by atoms with Crippen LogP contribution in [-0.2, 0) is 9.47 Å². The van der Waals surface area contributed by atoms with E-state index >= 15 is 0 Å². The number of hydrogen-bond acceptors (Lipinski definition) is 4. The summed E-state index contributed by atoms with van der Waals surface area (Å²) in [4.78, 5) is 1.16. The molecule has 0 saturated carbocycles. The van der Waals surface area contributed by atoms with E-state index in [-0.39, 0.29) is 12.1 Å². The van der Waals surface area contributed by atoms with Gasteiger partial charge in [0.05, 0.1) is 25.9 Å². The second-order valence-corrected chi connectivity index (χ2v) is 6.06. The minimum Gasteiger partial charge on any atom is -0.376 e. The fourth-order valence-electron chi connectivity index (χ4n) is 1.73. The van der Waals surface area contributed by atoms with Gasteiger partial charge in [-0.05, 0) is 29.0 Å². The predicted molar refractivity (Wildman–Crippen MR) is 69.4 cm³/mol. The Kier molecular flexibility index (Phi) is 4.64. The first kappa shape index (κ1) is 12.8. The molecule has 2 rings (SSSR count). The number of nitrogens with one attached hydrogen (secondary N) is 1. The van der Waals surface area contributed by atoms with Crippen molar-refractivity contribution in [1.82, 2.24) is 5.32 Å². The number of ether oxygens (including phenoxy) is 2. The molecule has 2 atom stereocenters. The van der Waals surface area contributed by atoms with Gasteiger partial charge < -0.3 is 14.8 Å². The third kappa shape index (κ3) is 2.78. The summed E-state index contributed by atoms with van der Waals surface area (Å²) in [5.41, 5.74) is 0. The minimum atomic E-state index is 0.0559. The van der Waals surface area contributed by atoms with Crippen LogP contribution in [0.1, 0.15) is 10.9 Å². The lowest BCUT2D eigenvalue weighted by atomic mass is 10.1. The van der Waals surface area contributed by atoms with Gasteiger partial charge in [0.25, 0.3) is 0 Å². The summed E-state index contributed by atoms with van der Waals surface area (Å²) in [5, 5.41) is 3.25. The van der Waals surface area contributed by atoms with Gasteiger partial charge in [-0.3, -0.25) is 0 Å². The van der Waals surface area contributed by atoms with E-state index in [1.165, 1.54) is 0 Å². The van der Waals surface area contributed by atoms with E-state index in [4.69, 9.17) is 21.1 Å². The number of rotatable bonds is 3. The Morgan fingerprint density at radius 1 is 1.62 bits per heavy atom. The maximum absolute atomic E-state index is 6.04. The smallest absolute Gasteiger partial charge is 0.107 e. The first-order chi connectivity index (χ1) is 7.72. The van der Waals surface area contributed by atoms with Crippen molar-refractivity contribution in [2.75, 3.05) is 26.9 Å². The molecule has 1 aromatic heterocycles. The molecule has 2 heterocycles. The predicted octanol–water partition coefficient (Wildman–Crippen LogP) is 2.84. The van der Waals surface area contributed by atoms with Gasteiger partial charge in [0, 0.05) is 9.35 Å². The monoisotopic (exact) mass is 325 g/mol. The van der Waals surface area contributed by atoms with Crippen molar-refractivity contribution in [3.05, 3.63) is 19.8 Å². The van der Waals surface area contributed by atoms with Crippen LogP contribution in [0.15, 0.2) is 10.5 Å². The van der Waals surface area contributed by atoms with Crippen molar-refractivity contribution < 1.29 is 9.47 Å². The molecule has 3 nitrogen and oxygen atoms in total. The fraction of sp³-hybridized carbons (Fsp3) is 0.600. The SMILES string of the molecule is CNC(c1cc(Br)c(Cl)s1)C1COCCO1. The first-order valence-corrected chi connectivity index (χ1v) is 7.02. The van der Waals surface area contributed by atoms with Crippen molar-refractivity contribution in [1.29, 1.82) is 0 Å². The largest absolute Gasteiger partial charge is 0.376 e. The molecule has 90 valence electrons. The molecule has 0 bridgehead atoms. The highest BCUT2D eigenvalue weighted by Crippen LogP contribution is 2.36. The second-order valence-electron chi connectivity index (χ2n) is 3.52. The number of halogens is 2. The van der Waals surface area contributed by atoms with Crippen LogP contribution in [-0.4, -0.2) is 33.0 Å². The van der Waals surface area contributed by atoms with Crippen LogP contribution in [0.3, 0.4) is 0 Å². The molecule has 1 fully saturated rings. The molecule has 2 unspecified atom stereocenters. The van der Waals surface area contributed by atoms with E-state index in [1.54, 1.807) is 11.3 Å². The minimum absolute atomic E-state index is 0.0559. The standard InChI is InChI=1S/C10H13BrClNO2S/c1-13-9(7-5-14-2-3-15-7)8-4-6(11)10(12)16-8/h4,7,9,13H,2-3,5H2,1H3. The molecular formula is C10H13BrClNO2S. The van der Waals surface area contributed by atoms with E-state index in [9.17, 15) is 0 Å². The third-order valence-corrected chi connectivity index (χ3v) is 5.05. The van der Waals surface area contributed by atoms with Gasteiger partial charge >= 0.3 is 0 Å². The Balaban J connectivity index is 2.14. The van der Waals surface area contributed by atoms with E-state index in [0.717, 1.165) is 13.7 Å². The quantitative estimate of drug-likeness (QED) is 0.926. The second kappa shape index (κ2) is 5.80. The lowest BCUT2D eigenvalue weighted by molar-refractivity contribution is -0.101. The highest BCUT2D eigenvalue weighted by atomic mass is 79.9. The molecule has 16 heavy (non-hydrogen) atoms. The molecule has 0 spiro atoms. The van der Waals surface area contributed by atoms with E-state index in [1.807, 2.05) is 13.1 Å². The van der Waals surface area contributed by atoms with Crippen LogP contribution in [0.25, 0.3) is 0 Å². The Morgan fingerprint density at radius 3 is 2.94 bits per heavy atom. The van der Waals surface area contributed by atoms with Gasteiger partial charge in [0.15, 0.2) is 0 Å². The maximum atomic E-state index is 6.04. The zero-order valence-corrected chi connectivity index (χ0v) is 12.0. The molecule has 1 N–H and O–H groups in total. The number of hydrogen-bond donors (Lipinski definition) is 1. The Morgan fingerprint density at radius 2 is 2.44 bits per heavy atom. The fourth-order valence-corrected chi connectivity index (χ4v) is 3.63. The van der Waals surface area contributed by atoms with Gasteiger partial charge in [-0.2, -0.15) is 0 Å². The van der Waals surface area contributed by atoms with Crippen LogP contribution in [0.2, 0.25) is 4.34 Å². The summed E-state index contributed by atoms with van der Waals surface area (Å²) in [6, 6.07) is 2.17. The van der Waals surface area contributed by atoms with Gasteiger partial charge in [0.2, 0.25) is 0 Å². The topological polar surface area (TPSA) is 30.5 Å². The molecule has 1 aromatic rings. The molecule has 6 heteroatoms. The van der Waals surface area contributed by atoms with Crippen LogP contribution in [0.4, 0.5) is 0 Å². The molecule has 0 aromatic carbocycles. The Labute approximate surface area is 112 Å². The average Bonchev–Trinajstić information content (AvgIpc) is 2.61. The lowest BCUT2D eigenvalue weighted by Gasteiger charge is -2.29. The summed E-state index contributed by atoms with van der Waals surface area (Å²) in [5.74, 6) is 0.